The molecule has 0 unspecified atom stereocenters. The fourth-order valence-corrected chi connectivity index (χ4v) is 4.54. The highest BCUT2D eigenvalue weighted by molar-refractivity contribution is 6.03. The lowest BCUT2D eigenvalue weighted by atomic mass is 9.97. The first-order valence-electron chi connectivity index (χ1n) is 11.8. The third-order valence-corrected chi connectivity index (χ3v) is 6.26. The lowest BCUT2D eigenvalue weighted by molar-refractivity contribution is 0.745. The third-order valence-electron chi connectivity index (χ3n) is 6.26. The van der Waals surface area contributed by atoms with Gasteiger partial charge in [-0.25, -0.2) is 26.0 Å². The van der Waals surface area contributed by atoms with E-state index in [-0.39, 0.29) is 0 Å². The van der Waals surface area contributed by atoms with Crippen LogP contribution in [0.2, 0.25) is 0 Å². The van der Waals surface area contributed by atoms with E-state index in [9.17, 15) is 0 Å². The average molecular weight is 480 g/mol. The maximum Gasteiger partial charge on any atom is 0.160 e. The molecule has 3 aromatic heterocycles. The van der Waals surface area contributed by atoms with Crippen molar-refractivity contribution in [3.63, 3.8) is 0 Å². The summed E-state index contributed by atoms with van der Waals surface area (Å²) in [5.74, 6) is 6.72. The summed E-state index contributed by atoms with van der Waals surface area (Å²) in [6.07, 6.45) is 4.49. The van der Waals surface area contributed by atoms with Crippen LogP contribution in [-0.2, 0) is 13.0 Å². The Morgan fingerprint density at radius 1 is 1.06 bits per heavy atom. The predicted molar refractivity (Wildman–Crippen MR) is 143 cm³/mol. The van der Waals surface area contributed by atoms with E-state index < -0.39 is 0 Å². The summed E-state index contributed by atoms with van der Waals surface area (Å²) < 4.78 is 4.02. The second-order valence-corrected chi connectivity index (χ2v) is 8.72. The molecule has 9 nitrogen and oxygen atoms in total. The van der Waals surface area contributed by atoms with Crippen LogP contribution in [-0.4, -0.2) is 30.2 Å². The number of fused-ring (bicyclic) bond motifs is 1. The summed E-state index contributed by atoms with van der Waals surface area (Å²) in [6, 6.07) is 18.3. The molecule has 182 valence electrons. The van der Waals surface area contributed by atoms with Gasteiger partial charge in [-0.2, -0.15) is 5.10 Å². The number of amidine groups is 1. The van der Waals surface area contributed by atoms with E-state index in [0.717, 1.165) is 62.6 Å². The van der Waals surface area contributed by atoms with Crippen LogP contribution in [0.4, 0.5) is 0 Å². The Bertz CT molecular complexity index is 1540. The molecule has 3 heterocycles. The zero-order valence-corrected chi connectivity index (χ0v) is 20.6. The Hall–Kier alpha value is -4.50. The van der Waals surface area contributed by atoms with Crippen molar-refractivity contribution in [1.29, 1.82) is 0 Å². The summed E-state index contributed by atoms with van der Waals surface area (Å²) in [7, 11) is 0. The molecule has 2 aromatic carbocycles. The molecule has 5 aromatic rings. The second kappa shape index (κ2) is 9.63. The third kappa shape index (κ3) is 4.32. The summed E-state index contributed by atoms with van der Waals surface area (Å²) >= 11 is 0. The maximum absolute atomic E-state index is 6.21. The number of nitrogens with zero attached hydrogens (tertiary/aromatic N) is 6. The second-order valence-electron chi connectivity index (χ2n) is 8.72. The number of imidazole rings is 1. The Labute approximate surface area is 209 Å². The molecule has 0 saturated carbocycles. The van der Waals surface area contributed by atoms with Gasteiger partial charge in [0.25, 0.3) is 0 Å². The highest BCUT2D eigenvalue weighted by Crippen LogP contribution is 2.28. The molecule has 5 rings (SSSR count). The number of pyridine rings is 1. The Morgan fingerprint density at radius 3 is 2.56 bits per heavy atom. The molecule has 0 spiro atoms. The highest BCUT2D eigenvalue weighted by Gasteiger charge is 2.15. The molecule has 0 fully saturated rings. The average Bonchev–Trinajstić information content (AvgIpc) is 3.53. The quantitative estimate of drug-likeness (QED) is 0.142. The van der Waals surface area contributed by atoms with Gasteiger partial charge in [-0.1, -0.05) is 31.2 Å². The van der Waals surface area contributed by atoms with Crippen molar-refractivity contribution >= 4 is 17.0 Å². The molecular formula is C27H29N9. The van der Waals surface area contributed by atoms with Crippen LogP contribution >= 0.6 is 0 Å². The van der Waals surface area contributed by atoms with Gasteiger partial charge in [0, 0.05) is 30.1 Å². The largest absolute Gasteiger partial charge is 0.382 e. The fourth-order valence-electron chi connectivity index (χ4n) is 4.54. The van der Waals surface area contributed by atoms with E-state index >= 15 is 0 Å². The van der Waals surface area contributed by atoms with Gasteiger partial charge >= 0.3 is 0 Å². The monoisotopic (exact) mass is 479 g/mol. The summed E-state index contributed by atoms with van der Waals surface area (Å²) in [4.78, 5) is 9.66. The van der Waals surface area contributed by atoms with Gasteiger partial charge < -0.3 is 10.3 Å². The molecule has 0 atom stereocenters. The van der Waals surface area contributed by atoms with Gasteiger partial charge in [0.05, 0.1) is 12.2 Å². The molecule has 0 aliphatic carbocycles. The highest BCUT2D eigenvalue weighted by atomic mass is 15.5. The van der Waals surface area contributed by atoms with Gasteiger partial charge in [0.1, 0.15) is 11.3 Å². The number of hydrogen-bond acceptors (Lipinski definition) is 6. The van der Waals surface area contributed by atoms with Crippen LogP contribution in [0.5, 0.6) is 0 Å². The molecule has 0 saturated heterocycles. The number of aromatic nitrogens is 5. The number of hydrazone groups is 1. The number of aryl methyl sites for hydroxylation is 3. The van der Waals surface area contributed by atoms with E-state index in [2.05, 4.69) is 64.5 Å². The van der Waals surface area contributed by atoms with E-state index in [1.54, 1.807) is 6.20 Å². The number of nitrogens with one attached hydrogen (secondary N) is 1. The van der Waals surface area contributed by atoms with Crippen molar-refractivity contribution in [3.05, 3.63) is 95.2 Å². The minimum atomic E-state index is 0.304. The van der Waals surface area contributed by atoms with Crippen LogP contribution in [0.25, 0.3) is 28.0 Å². The van der Waals surface area contributed by atoms with E-state index in [1.165, 1.54) is 0 Å². The topological polar surface area (TPSA) is 125 Å². The minimum absolute atomic E-state index is 0.304. The molecule has 5 N–H and O–H groups in total. The van der Waals surface area contributed by atoms with Crippen LogP contribution in [0.15, 0.2) is 72.1 Å². The van der Waals surface area contributed by atoms with Crippen LogP contribution < -0.4 is 17.1 Å². The minimum Gasteiger partial charge on any atom is -0.382 e. The zero-order chi connectivity index (χ0) is 25.2. The lowest BCUT2D eigenvalue weighted by Crippen LogP contribution is -2.23. The Morgan fingerprint density at radius 2 is 1.86 bits per heavy atom. The normalized spacial score (nSPS) is 11.8. The van der Waals surface area contributed by atoms with Gasteiger partial charge in [0.2, 0.25) is 0 Å². The van der Waals surface area contributed by atoms with Crippen LogP contribution in [0.3, 0.4) is 0 Å². The van der Waals surface area contributed by atoms with Gasteiger partial charge in [-0.3, -0.25) is 0 Å². The van der Waals surface area contributed by atoms with Gasteiger partial charge in [0.15, 0.2) is 11.5 Å². The van der Waals surface area contributed by atoms with Crippen molar-refractivity contribution in [2.24, 2.45) is 16.7 Å². The van der Waals surface area contributed by atoms with E-state index in [4.69, 9.17) is 21.5 Å². The predicted octanol–water partition coefficient (Wildman–Crippen LogP) is 3.60. The standard InChI is InChI=1S/C27H29N9/c1-4-24-32-25-17(2)14-18(3)31-27(25)35(24)16-19-6-8-20(9-7-19)23-15-21(36-13-5-12-30-36)10-11-22(23)26(28)33-34-29/h5-15,34H,4,16,29H2,1-3H3,(H2,28,33). The van der Waals surface area contributed by atoms with Crippen molar-refractivity contribution in [3.8, 4) is 16.8 Å². The Balaban J connectivity index is 1.53. The van der Waals surface area contributed by atoms with Gasteiger partial charge in [-0.05, 0) is 66.4 Å². The fraction of sp³-hybridized carbons (Fsp3) is 0.185. The molecule has 0 bridgehead atoms. The number of rotatable bonds is 7. The van der Waals surface area contributed by atoms with Gasteiger partial charge in [-0.15, -0.1) is 5.10 Å². The molecule has 36 heavy (non-hydrogen) atoms. The Kier molecular flexibility index (Phi) is 6.22. The van der Waals surface area contributed by atoms with Crippen LogP contribution in [0.1, 0.15) is 35.1 Å². The maximum atomic E-state index is 6.21. The summed E-state index contributed by atoms with van der Waals surface area (Å²) in [5.41, 5.74) is 17.3. The lowest BCUT2D eigenvalue weighted by Gasteiger charge is -2.13. The first kappa shape index (κ1) is 23.3. The molecule has 0 aliphatic rings. The van der Waals surface area contributed by atoms with Crippen molar-refractivity contribution < 1.29 is 0 Å². The number of nitrogens with two attached hydrogens (primary N) is 2. The van der Waals surface area contributed by atoms with E-state index in [1.807, 2.05) is 42.1 Å². The molecule has 0 radical (unpaired) electrons. The molecule has 0 amide bonds. The molecule has 9 heteroatoms. The smallest absolute Gasteiger partial charge is 0.160 e. The number of hydrogen-bond donors (Lipinski definition) is 3. The summed E-state index contributed by atoms with van der Waals surface area (Å²) in [6.45, 7) is 6.93. The first-order valence-corrected chi connectivity index (χ1v) is 11.8. The van der Waals surface area contributed by atoms with Crippen molar-refractivity contribution in [1.82, 2.24) is 29.9 Å². The zero-order valence-electron chi connectivity index (χ0n) is 20.6. The molecular weight excluding hydrogens is 450 g/mol. The number of hydrazine groups is 1. The van der Waals surface area contributed by atoms with Crippen LogP contribution in [0, 0.1) is 13.8 Å². The summed E-state index contributed by atoms with van der Waals surface area (Å²) in [5, 5.41) is 8.34. The van der Waals surface area contributed by atoms with E-state index in [0.29, 0.717) is 12.4 Å². The number of benzene rings is 2. The first-order chi connectivity index (χ1) is 17.5. The SMILES string of the molecule is CCc1nc2c(C)cc(C)nc2n1Cc1ccc(-c2cc(-n3cccn3)ccc2/C(N)=N/NN)cc1. The molecule has 0 aliphatic heterocycles. The van der Waals surface area contributed by atoms with Crippen molar-refractivity contribution in [2.75, 3.05) is 0 Å². The van der Waals surface area contributed by atoms with Crippen molar-refractivity contribution in [2.45, 2.75) is 33.7 Å².